The summed E-state index contributed by atoms with van der Waals surface area (Å²) in [7, 11) is -4.08. The van der Waals surface area contributed by atoms with Gasteiger partial charge in [-0.05, 0) is 48.3 Å². The smallest absolute Gasteiger partial charge is 0.265 e. The Bertz CT molecular complexity index is 750. The van der Waals surface area contributed by atoms with Crippen LogP contribution in [0, 0.1) is 33.5 Å². The van der Waals surface area contributed by atoms with Crippen molar-refractivity contribution in [2.45, 2.75) is 73.1 Å². The van der Waals surface area contributed by atoms with Gasteiger partial charge in [0.05, 0.1) is 11.2 Å². The molecule has 4 fully saturated rings. The normalized spacial score (nSPS) is 42.1. The molecule has 4 saturated carbocycles. The first kappa shape index (κ1) is 20.0. The molecule has 6 heteroatoms. The van der Waals surface area contributed by atoms with Gasteiger partial charge in [0, 0.05) is 18.3 Å². The summed E-state index contributed by atoms with van der Waals surface area (Å²) in [6.07, 6.45) is 5.22. The summed E-state index contributed by atoms with van der Waals surface area (Å²) in [6, 6.07) is 0. The minimum atomic E-state index is -4.08. The maximum Gasteiger partial charge on any atom is 0.265 e. The Kier molecular flexibility index (Phi) is 4.33. The van der Waals surface area contributed by atoms with Gasteiger partial charge in [0.1, 0.15) is 11.6 Å². The summed E-state index contributed by atoms with van der Waals surface area (Å²) in [6.45, 7) is 10.6. The molecule has 4 aliphatic rings. The maximum atomic E-state index is 11.9. The highest BCUT2D eigenvalue weighted by Gasteiger charge is 2.65. The largest absolute Gasteiger partial charge is 0.299 e. The van der Waals surface area contributed by atoms with Crippen LogP contribution in [0.15, 0.2) is 0 Å². The van der Waals surface area contributed by atoms with Gasteiger partial charge in [-0.2, -0.15) is 8.42 Å². The number of ketones is 2. The molecule has 4 rings (SSSR count). The molecule has 148 valence electrons. The Balaban J connectivity index is 0.000000158. The zero-order chi connectivity index (χ0) is 19.8. The summed E-state index contributed by atoms with van der Waals surface area (Å²) in [5, 5.41) is 0. The van der Waals surface area contributed by atoms with Crippen molar-refractivity contribution in [1.82, 2.24) is 0 Å². The molecule has 0 spiro atoms. The van der Waals surface area contributed by atoms with E-state index in [0.717, 1.165) is 19.3 Å². The molecule has 5 nitrogen and oxygen atoms in total. The summed E-state index contributed by atoms with van der Waals surface area (Å²) < 4.78 is 31.0. The number of carbonyl (C=O) groups is 2. The first-order chi connectivity index (χ1) is 11.7. The summed E-state index contributed by atoms with van der Waals surface area (Å²) in [5.41, 5.74) is -0.813. The standard InChI is InChI=1S/C10H16O4S.C10H16O/c1-9(2)7-3-4-10(9,8(11)5-7)6-15(12,13)14;1-9(2)7-4-5-10(9,3)8(11)6-7/h7H,3-6H2,1-2H3,(H,12,13,14);7H,4-6H2,1-3H3. The first-order valence-electron chi connectivity index (χ1n) is 9.69. The third-order valence-corrected chi connectivity index (χ3v) is 9.91. The number of carbonyl (C=O) groups excluding carboxylic acids is 2. The van der Waals surface area contributed by atoms with Crippen LogP contribution in [0.5, 0.6) is 0 Å². The SMILES string of the molecule is CC1(C)C2CCC1(CS(=O)(=O)O)C(=O)C2.CC12CCC(CC1=O)C2(C)C. The van der Waals surface area contributed by atoms with Gasteiger partial charge in [-0.3, -0.25) is 14.1 Å². The van der Waals surface area contributed by atoms with Crippen molar-refractivity contribution in [2.24, 2.45) is 33.5 Å². The van der Waals surface area contributed by atoms with E-state index in [0.29, 0.717) is 24.5 Å². The van der Waals surface area contributed by atoms with Gasteiger partial charge in [0.2, 0.25) is 0 Å². The van der Waals surface area contributed by atoms with E-state index in [1.807, 2.05) is 13.8 Å². The van der Waals surface area contributed by atoms with Gasteiger partial charge in [-0.15, -0.1) is 0 Å². The lowest BCUT2D eigenvalue weighted by atomic mass is 9.70. The lowest BCUT2D eigenvalue weighted by Crippen LogP contribution is -2.42. The van der Waals surface area contributed by atoms with E-state index in [1.165, 1.54) is 6.42 Å². The number of hydrogen-bond acceptors (Lipinski definition) is 4. The highest BCUT2D eigenvalue weighted by Crippen LogP contribution is 2.64. The minimum absolute atomic E-state index is 0.0152. The van der Waals surface area contributed by atoms with Gasteiger partial charge in [-0.25, -0.2) is 0 Å². The molecule has 1 N–H and O–H groups in total. The molecule has 26 heavy (non-hydrogen) atoms. The molecule has 0 aromatic carbocycles. The minimum Gasteiger partial charge on any atom is -0.299 e. The van der Waals surface area contributed by atoms with Gasteiger partial charge < -0.3 is 0 Å². The molecule has 0 aliphatic heterocycles. The zero-order valence-electron chi connectivity index (χ0n) is 16.6. The molecular weight excluding hydrogens is 352 g/mol. The predicted octanol–water partition coefficient (Wildman–Crippen LogP) is 3.67. The first-order valence-corrected chi connectivity index (χ1v) is 11.3. The lowest BCUT2D eigenvalue weighted by Gasteiger charge is -2.35. The molecule has 0 saturated heterocycles. The fraction of sp³-hybridized carbons (Fsp3) is 0.900. The predicted molar refractivity (Wildman–Crippen MR) is 99.2 cm³/mol. The zero-order valence-corrected chi connectivity index (χ0v) is 17.4. The Labute approximate surface area is 157 Å². The Morgan fingerprint density at radius 1 is 0.885 bits per heavy atom. The van der Waals surface area contributed by atoms with Crippen molar-refractivity contribution in [3.05, 3.63) is 0 Å². The van der Waals surface area contributed by atoms with E-state index >= 15 is 0 Å². The number of hydrogen-bond donors (Lipinski definition) is 1. The fourth-order valence-electron chi connectivity index (χ4n) is 6.32. The second-order valence-corrected chi connectivity index (χ2v) is 11.8. The molecule has 0 amide bonds. The van der Waals surface area contributed by atoms with Gasteiger partial charge in [0.15, 0.2) is 0 Å². The molecule has 4 unspecified atom stereocenters. The van der Waals surface area contributed by atoms with Gasteiger partial charge >= 0.3 is 0 Å². The van der Waals surface area contributed by atoms with Crippen molar-refractivity contribution >= 4 is 21.7 Å². The van der Waals surface area contributed by atoms with E-state index in [9.17, 15) is 18.0 Å². The number of Topliss-reactive ketones (excluding diaryl/α,β-unsaturated/α-hetero) is 2. The fourth-order valence-corrected chi connectivity index (χ4v) is 7.62. The Morgan fingerprint density at radius 3 is 1.65 bits per heavy atom. The second-order valence-electron chi connectivity index (χ2n) is 10.3. The highest BCUT2D eigenvalue weighted by molar-refractivity contribution is 7.85. The average molecular weight is 385 g/mol. The van der Waals surface area contributed by atoms with E-state index in [1.54, 1.807) is 0 Å². The molecule has 0 heterocycles. The average Bonchev–Trinajstić information content (AvgIpc) is 2.98. The monoisotopic (exact) mass is 384 g/mol. The third-order valence-electron chi connectivity index (χ3n) is 9.05. The molecule has 0 aromatic heterocycles. The molecular formula is C20H32O5S. The molecule has 0 aromatic rings. The van der Waals surface area contributed by atoms with Crippen LogP contribution in [0.25, 0.3) is 0 Å². The van der Waals surface area contributed by atoms with Crippen LogP contribution in [0.4, 0.5) is 0 Å². The maximum absolute atomic E-state index is 11.9. The van der Waals surface area contributed by atoms with Crippen LogP contribution in [-0.4, -0.2) is 30.3 Å². The third kappa shape index (κ3) is 2.55. The van der Waals surface area contributed by atoms with Crippen LogP contribution < -0.4 is 0 Å². The quantitative estimate of drug-likeness (QED) is 0.734. The highest BCUT2D eigenvalue weighted by atomic mass is 32.2. The van der Waals surface area contributed by atoms with Crippen molar-refractivity contribution < 1.29 is 22.6 Å². The molecule has 4 atom stereocenters. The van der Waals surface area contributed by atoms with Gasteiger partial charge in [0.25, 0.3) is 10.1 Å². The van der Waals surface area contributed by atoms with Crippen molar-refractivity contribution in [2.75, 3.05) is 5.75 Å². The van der Waals surface area contributed by atoms with Crippen molar-refractivity contribution in [3.8, 4) is 0 Å². The van der Waals surface area contributed by atoms with E-state index in [-0.39, 0.29) is 27.9 Å². The van der Waals surface area contributed by atoms with Crippen LogP contribution in [0.2, 0.25) is 0 Å². The van der Waals surface area contributed by atoms with Crippen LogP contribution >= 0.6 is 0 Å². The number of fused-ring (bicyclic) bond motifs is 4. The van der Waals surface area contributed by atoms with Crippen molar-refractivity contribution in [1.29, 1.82) is 0 Å². The Hall–Kier alpha value is -0.750. The summed E-state index contributed by atoms with van der Waals surface area (Å²) in [5.74, 6) is 1.09. The van der Waals surface area contributed by atoms with Crippen LogP contribution in [0.3, 0.4) is 0 Å². The van der Waals surface area contributed by atoms with E-state index < -0.39 is 21.3 Å². The van der Waals surface area contributed by atoms with E-state index in [2.05, 4.69) is 20.8 Å². The molecule has 4 aliphatic carbocycles. The Morgan fingerprint density at radius 2 is 1.38 bits per heavy atom. The van der Waals surface area contributed by atoms with Crippen LogP contribution in [0.1, 0.15) is 73.1 Å². The second kappa shape index (κ2) is 5.63. The lowest BCUT2D eigenvalue weighted by molar-refractivity contribution is -0.128. The van der Waals surface area contributed by atoms with Crippen molar-refractivity contribution in [3.63, 3.8) is 0 Å². The molecule has 4 bridgehead atoms. The summed E-state index contributed by atoms with van der Waals surface area (Å²) in [4.78, 5) is 23.4. The number of rotatable bonds is 2. The van der Waals surface area contributed by atoms with Gasteiger partial charge in [-0.1, -0.05) is 34.6 Å². The van der Waals surface area contributed by atoms with Crippen LogP contribution in [-0.2, 0) is 19.7 Å². The molecule has 0 radical (unpaired) electrons. The summed E-state index contributed by atoms with van der Waals surface area (Å²) >= 11 is 0. The topological polar surface area (TPSA) is 88.5 Å². The van der Waals surface area contributed by atoms with E-state index in [4.69, 9.17) is 4.55 Å².